The van der Waals surface area contributed by atoms with Crippen molar-refractivity contribution in [3.63, 3.8) is 0 Å². The molecule has 3 rings (SSSR count). The van der Waals surface area contributed by atoms with Crippen molar-refractivity contribution in [1.29, 1.82) is 0 Å². The third-order valence-electron chi connectivity index (χ3n) is 4.92. The molecular weight excluding hydrogens is 357 g/mol. The third kappa shape index (κ3) is 4.77. The van der Waals surface area contributed by atoms with Gasteiger partial charge in [0.15, 0.2) is 6.04 Å². The molecule has 1 amide bonds. The molecule has 2 aromatic rings. The monoisotopic (exact) mass is 380 g/mol. The van der Waals surface area contributed by atoms with Crippen LogP contribution in [0.1, 0.15) is 12.5 Å². The van der Waals surface area contributed by atoms with Crippen molar-refractivity contribution < 1.29 is 27.8 Å². The van der Waals surface area contributed by atoms with Crippen LogP contribution in [0.25, 0.3) is 0 Å². The van der Waals surface area contributed by atoms with Gasteiger partial charge < -0.3 is 10.2 Å². The van der Waals surface area contributed by atoms with Gasteiger partial charge in [-0.1, -0.05) is 6.07 Å². The molecule has 0 aliphatic carbocycles. The number of quaternary nitrogens is 1. The molecule has 2 heterocycles. The van der Waals surface area contributed by atoms with Crippen LogP contribution in [0.4, 0.5) is 24.7 Å². The number of anilines is 2. The summed E-state index contributed by atoms with van der Waals surface area (Å²) in [7, 11) is 0. The topological polar surface area (TPSA) is 50.9 Å². The zero-order valence-electron chi connectivity index (χ0n) is 15.0. The first-order valence-electron chi connectivity index (χ1n) is 8.89. The molecule has 0 bridgehead atoms. The second kappa shape index (κ2) is 7.96. The van der Waals surface area contributed by atoms with E-state index in [9.17, 15) is 18.0 Å². The maximum absolute atomic E-state index is 12.6. The Hall–Kier alpha value is -2.61. The number of hydrogen-bond acceptors (Lipinski definition) is 2. The van der Waals surface area contributed by atoms with Gasteiger partial charge in [-0.25, -0.2) is 4.98 Å². The minimum atomic E-state index is -4.38. The van der Waals surface area contributed by atoms with E-state index in [2.05, 4.69) is 15.2 Å². The Morgan fingerprint density at radius 2 is 1.81 bits per heavy atom. The van der Waals surface area contributed by atoms with Crippen molar-refractivity contribution in [2.45, 2.75) is 19.1 Å². The summed E-state index contributed by atoms with van der Waals surface area (Å²) in [5, 5.41) is 2.71. The maximum atomic E-state index is 12.6. The molecule has 1 aromatic carbocycles. The fourth-order valence-corrected chi connectivity index (χ4v) is 3.23. The largest absolute Gasteiger partial charge is 0.416 e. The lowest BCUT2D eigenvalue weighted by Gasteiger charge is -2.31. The van der Waals surface area contributed by atoms with Crippen molar-refractivity contribution >= 4 is 17.4 Å². The Balaban J connectivity index is 1.54. The van der Waals surface area contributed by atoms with Gasteiger partial charge in [-0.15, -0.1) is 0 Å². The molecule has 3 N–H and O–H groups in total. The summed E-state index contributed by atoms with van der Waals surface area (Å²) in [5.41, 5.74) is -0.357. The molecule has 144 valence electrons. The molecule has 0 unspecified atom stereocenters. The maximum Gasteiger partial charge on any atom is 0.416 e. The predicted octanol–water partition coefficient (Wildman–Crippen LogP) is 1.25. The number of hydrogen-bond donors (Lipinski definition) is 2. The number of benzene rings is 1. The lowest BCUT2D eigenvalue weighted by molar-refractivity contribution is -0.914. The van der Waals surface area contributed by atoms with Crippen LogP contribution >= 0.6 is 0 Å². The molecular formula is C19H23F3N4O+2. The summed E-state index contributed by atoms with van der Waals surface area (Å²) in [6, 6.07) is 10.2. The first kappa shape index (κ1) is 19.2. The molecule has 8 heteroatoms. The molecule has 0 spiro atoms. The normalized spacial score (nSPS) is 16.8. The van der Waals surface area contributed by atoms with Crippen molar-refractivity contribution in [3.8, 4) is 0 Å². The number of pyridine rings is 1. The van der Waals surface area contributed by atoms with Crippen molar-refractivity contribution in [2.75, 3.05) is 36.4 Å². The first-order chi connectivity index (χ1) is 12.8. The van der Waals surface area contributed by atoms with Crippen LogP contribution in [0.2, 0.25) is 0 Å². The smallest absolute Gasteiger partial charge is 0.321 e. The zero-order chi connectivity index (χ0) is 19.4. The molecule has 1 aromatic heterocycles. The average molecular weight is 380 g/mol. The van der Waals surface area contributed by atoms with Crippen LogP contribution in [0.3, 0.4) is 0 Å². The summed E-state index contributed by atoms with van der Waals surface area (Å²) in [5.74, 6) is 0.864. The first-order valence-corrected chi connectivity index (χ1v) is 8.89. The molecule has 0 saturated carbocycles. The number of aromatic nitrogens is 1. The second-order valence-corrected chi connectivity index (χ2v) is 6.68. The van der Waals surface area contributed by atoms with Gasteiger partial charge in [0.05, 0.1) is 11.8 Å². The highest BCUT2D eigenvalue weighted by molar-refractivity contribution is 5.93. The van der Waals surface area contributed by atoms with E-state index < -0.39 is 11.7 Å². The number of halogens is 3. The lowest BCUT2D eigenvalue weighted by atomic mass is 10.1. The lowest BCUT2D eigenvalue weighted by Crippen LogP contribution is -3.19. The number of aromatic amines is 1. The van der Waals surface area contributed by atoms with E-state index in [1.54, 1.807) is 0 Å². The summed E-state index contributed by atoms with van der Waals surface area (Å²) in [4.78, 5) is 19.1. The molecule has 1 fully saturated rings. The molecule has 1 aliphatic heterocycles. The van der Waals surface area contributed by atoms with Gasteiger partial charge in [0.1, 0.15) is 26.2 Å². The number of carbonyl (C=O) groups is 1. The van der Waals surface area contributed by atoms with Crippen LogP contribution in [-0.2, 0) is 11.0 Å². The van der Waals surface area contributed by atoms with E-state index in [4.69, 9.17) is 0 Å². The number of alkyl halides is 3. The van der Waals surface area contributed by atoms with Gasteiger partial charge in [0.2, 0.25) is 0 Å². The zero-order valence-corrected chi connectivity index (χ0v) is 15.0. The predicted molar refractivity (Wildman–Crippen MR) is 95.4 cm³/mol. The molecule has 0 radical (unpaired) electrons. The number of nitrogens with one attached hydrogen (secondary N) is 3. The molecule has 1 aliphatic rings. The summed E-state index contributed by atoms with van der Waals surface area (Å²) >= 11 is 0. The van der Waals surface area contributed by atoms with Crippen LogP contribution < -0.4 is 20.1 Å². The second-order valence-electron chi connectivity index (χ2n) is 6.68. The van der Waals surface area contributed by atoms with Crippen LogP contribution in [0.15, 0.2) is 48.7 Å². The van der Waals surface area contributed by atoms with E-state index in [1.165, 1.54) is 12.1 Å². The van der Waals surface area contributed by atoms with Crippen molar-refractivity contribution in [1.82, 2.24) is 0 Å². The minimum absolute atomic E-state index is 0.190. The Morgan fingerprint density at radius 1 is 1.15 bits per heavy atom. The van der Waals surface area contributed by atoms with Crippen LogP contribution in [-0.4, -0.2) is 38.1 Å². The highest BCUT2D eigenvalue weighted by Gasteiger charge is 2.33. The molecule has 27 heavy (non-hydrogen) atoms. The Kier molecular flexibility index (Phi) is 5.65. The number of rotatable bonds is 4. The molecule has 1 atom stereocenters. The number of carbonyl (C=O) groups excluding carboxylic acids is 1. The van der Waals surface area contributed by atoms with Crippen LogP contribution in [0.5, 0.6) is 0 Å². The van der Waals surface area contributed by atoms with E-state index >= 15 is 0 Å². The minimum Gasteiger partial charge on any atom is -0.321 e. The van der Waals surface area contributed by atoms with Crippen molar-refractivity contribution in [2.24, 2.45) is 0 Å². The highest BCUT2D eigenvalue weighted by atomic mass is 19.4. The SMILES string of the molecule is C[C@H](C(=O)Nc1ccc(C(F)(F)F)cc1)[NH+]1CCN(c2cccc[nH+]2)CC1. The molecule has 1 saturated heterocycles. The van der Waals surface area contributed by atoms with Gasteiger partial charge in [0, 0.05) is 11.8 Å². The van der Waals surface area contributed by atoms with Gasteiger partial charge in [-0.2, -0.15) is 13.2 Å². The van der Waals surface area contributed by atoms with E-state index in [0.29, 0.717) is 5.69 Å². The van der Waals surface area contributed by atoms with Gasteiger partial charge in [0.25, 0.3) is 11.7 Å². The molecule has 5 nitrogen and oxygen atoms in total. The van der Waals surface area contributed by atoms with Gasteiger partial charge in [-0.05, 0) is 37.3 Å². The van der Waals surface area contributed by atoms with Crippen molar-refractivity contribution in [3.05, 3.63) is 54.2 Å². The summed E-state index contributed by atoms with van der Waals surface area (Å²) in [6.07, 6.45) is -2.50. The quantitative estimate of drug-likeness (QED) is 0.839. The number of nitrogens with zero attached hydrogens (tertiary/aromatic N) is 1. The fraction of sp³-hybridized carbons (Fsp3) is 0.368. The average Bonchev–Trinajstić information content (AvgIpc) is 2.68. The summed E-state index contributed by atoms with van der Waals surface area (Å²) < 4.78 is 37.8. The van der Waals surface area contributed by atoms with E-state index in [-0.39, 0.29) is 11.9 Å². The fourth-order valence-electron chi connectivity index (χ4n) is 3.23. The Bertz CT molecular complexity index is 757. The standard InChI is InChI=1S/C19H21F3N4O/c1-14(18(27)24-16-7-5-15(6-8-16)19(20,21)22)25-10-12-26(13-11-25)17-4-2-3-9-23-17/h2-9,14H,10-13H2,1H3,(H,24,27)/p+2/t14-/m1/s1. The summed E-state index contributed by atoms with van der Waals surface area (Å²) in [6.45, 7) is 5.12. The van der Waals surface area contributed by atoms with Gasteiger partial charge >= 0.3 is 6.18 Å². The Labute approximate surface area is 155 Å². The van der Waals surface area contributed by atoms with E-state index in [0.717, 1.165) is 49.0 Å². The third-order valence-corrected chi connectivity index (χ3v) is 4.92. The number of piperazine rings is 1. The van der Waals surface area contributed by atoms with Crippen LogP contribution in [0, 0.1) is 0 Å². The number of H-pyrrole nitrogens is 1. The van der Waals surface area contributed by atoms with E-state index in [1.807, 2.05) is 31.3 Å². The highest BCUT2D eigenvalue weighted by Crippen LogP contribution is 2.29. The Morgan fingerprint density at radius 3 is 2.37 bits per heavy atom. The number of amides is 1. The van der Waals surface area contributed by atoms with Gasteiger partial charge in [-0.3, -0.25) is 9.69 Å².